The van der Waals surface area contributed by atoms with E-state index in [1.54, 1.807) is 6.08 Å². The topological polar surface area (TPSA) is 58.1 Å². The van der Waals surface area contributed by atoms with E-state index in [-0.39, 0.29) is 11.2 Å². The molecule has 0 atom stereocenters. The Morgan fingerprint density at radius 3 is 2.84 bits per heavy atom. The van der Waals surface area contributed by atoms with E-state index in [0.717, 1.165) is 21.7 Å². The standard InChI is InChI=1S/C18H22N4OS2/c1-5-19-16-20-21-17(25-16)24-11-12(23)10-15-18(2,3)13-8-6-7-9-14(13)22(15)4/h6-10H,5,11H2,1-4H3,(H,19,20)/b15-10+. The Labute approximate surface area is 156 Å². The number of nitrogens with one attached hydrogen (secondary N) is 1. The zero-order chi connectivity index (χ0) is 18.0. The monoisotopic (exact) mass is 374 g/mol. The van der Waals surface area contributed by atoms with Gasteiger partial charge in [0, 0.05) is 36.5 Å². The quantitative estimate of drug-likeness (QED) is 0.610. The van der Waals surface area contributed by atoms with E-state index in [9.17, 15) is 4.79 Å². The van der Waals surface area contributed by atoms with Gasteiger partial charge in [-0.25, -0.2) is 0 Å². The smallest absolute Gasteiger partial charge is 0.206 e. The Morgan fingerprint density at radius 1 is 1.36 bits per heavy atom. The molecule has 1 aromatic carbocycles. The number of carbonyl (C=O) groups excluding carboxylic acids is 1. The molecule has 0 bridgehead atoms. The van der Waals surface area contributed by atoms with Crippen molar-refractivity contribution in [2.45, 2.75) is 30.5 Å². The SMILES string of the molecule is CCNc1nnc(SCC(=O)/C=C2/N(C)c3ccccc3C2(C)C)s1. The summed E-state index contributed by atoms with van der Waals surface area (Å²) in [5.74, 6) is 0.456. The Balaban J connectivity index is 1.71. The Hall–Kier alpha value is -1.86. The van der Waals surface area contributed by atoms with Gasteiger partial charge >= 0.3 is 0 Å². The van der Waals surface area contributed by atoms with Gasteiger partial charge in [0.2, 0.25) is 5.13 Å². The third kappa shape index (κ3) is 3.57. The fourth-order valence-electron chi connectivity index (χ4n) is 3.08. The number of allylic oxidation sites excluding steroid dienone is 2. The van der Waals surface area contributed by atoms with Crippen molar-refractivity contribution < 1.29 is 4.79 Å². The van der Waals surface area contributed by atoms with E-state index in [2.05, 4.69) is 46.4 Å². The number of ketones is 1. The molecular formula is C18H22N4OS2. The van der Waals surface area contributed by atoms with Gasteiger partial charge in [0.05, 0.1) is 5.75 Å². The average molecular weight is 375 g/mol. The number of hydrogen-bond acceptors (Lipinski definition) is 7. The van der Waals surface area contributed by atoms with Gasteiger partial charge in [0.25, 0.3) is 0 Å². The summed E-state index contributed by atoms with van der Waals surface area (Å²) in [4.78, 5) is 14.6. The van der Waals surface area contributed by atoms with Gasteiger partial charge in [0.1, 0.15) is 0 Å². The Kier molecular flexibility index (Phi) is 5.15. The predicted molar refractivity (Wildman–Crippen MR) is 106 cm³/mol. The van der Waals surface area contributed by atoms with E-state index in [4.69, 9.17) is 0 Å². The number of thioether (sulfide) groups is 1. The zero-order valence-corrected chi connectivity index (χ0v) is 16.5. The van der Waals surface area contributed by atoms with Crippen LogP contribution in [0, 0.1) is 0 Å². The fourth-order valence-corrected chi connectivity index (χ4v) is 4.72. The molecule has 25 heavy (non-hydrogen) atoms. The lowest BCUT2D eigenvalue weighted by atomic mass is 9.83. The number of anilines is 2. The average Bonchev–Trinajstić information content (AvgIpc) is 3.11. The first kappa shape index (κ1) is 17.9. The van der Waals surface area contributed by atoms with Crippen LogP contribution in [0.2, 0.25) is 0 Å². The highest BCUT2D eigenvalue weighted by atomic mass is 32.2. The second-order valence-corrected chi connectivity index (χ2v) is 8.59. The van der Waals surface area contributed by atoms with Crippen LogP contribution in [0.15, 0.2) is 40.4 Å². The minimum absolute atomic E-state index is 0.0907. The van der Waals surface area contributed by atoms with Gasteiger partial charge < -0.3 is 10.2 Å². The molecule has 0 fully saturated rings. The van der Waals surface area contributed by atoms with Crippen molar-refractivity contribution in [2.75, 3.05) is 29.6 Å². The molecule has 1 aliphatic rings. The van der Waals surface area contributed by atoms with Crippen molar-refractivity contribution in [1.29, 1.82) is 0 Å². The molecule has 132 valence electrons. The van der Waals surface area contributed by atoms with Crippen LogP contribution < -0.4 is 10.2 Å². The molecule has 0 saturated carbocycles. The van der Waals surface area contributed by atoms with Crippen molar-refractivity contribution in [1.82, 2.24) is 10.2 Å². The van der Waals surface area contributed by atoms with Crippen molar-refractivity contribution >= 4 is 39.7 Å². The summed E-state index contributed by atoms with van der Waals surface area (Å²) in [6, 6.07) is 8.31. The van der Waals surface area contributed by atoms with Gasteiger partial charge in [-0.15, -0.1) is 10.2 Å². The van der Waals surface area contributed by atoms with E-state index in [1.165, 1.54) is 34.3 Å². The first-order valence-corrected chi connectivity index (χ1v) is 10.0. The van der Waals surface area contributed by atoms with Crippen LogP contribution in [-0.4, -0.2) is 35.3 Å². The van der Waals surface area contributed by atoms with E-state index in [0.29, 0.717) is 5.75 Å². The van der Waals surface area contributed by atoms with Crippen LogP contribution in [-0.2, 0) is 10.2 Å². The number of para-hydroxylation sites is 1. The molecule has 0 amide bonds. The molecule has 2 aromatic rings. The van der Waals surface area contributed by atoms with Crippen LogP contribution >= 0.6 is 23.1 Å². The number of fused-ring (bicyclic) bond motifs is 1. The predicted octanol–water partition coefficient (Wildman–Crippen LogP) is 3.94. The van der Waals surface area contributed by atoms with Crippen molar-refractivity contribution in [3.05, 3.63) is 41.6 Å². The van der Waals surface area contributed by atoms with Crippen LogP contribution in [0.1, 0.15) is 26.3 Å². The van der Waals surface area contributed by atoms with Gasteiger partial charge in [0.15, 0.2) is 10.1 Å². The molecule has 7 heteroatoms. The molecule has 0 unspecified atom stereocenters. The van der Waals surface area contributed by atoms with Gasteiger partial charge in [-0.1, -0.05) is 55.1 Å². The summed E-state index contributed by atoms with van der Waals surface area (Å²) in [6.45, 7) is 7.15. The minimum atomic E-state index is -0.174. The van der Waals surface area contributed by atoms with E-state index >= 15 is 0 Å². The largest absolute Gasteiger partial charge is 0.360 e. The number of aromatic nitrogens is 2. The van der Waals surface area contributed by atoms with Crippen molar-refractivity contribution in [3.8, 4) is 0 Å². The molecule has 0 saturated heterocycles. The maximum absolute atomic E-state index is 12.5. The molecule has 0 radical (unpaired) electrons. The summed E-state index contributed by atoms with van der Waals surface area (Å²) in [6.07, 6.45) is 1.78. The van der Waals surface area contributed by atoms with Crippen LogP contribution in [0.3, 0.4) is 0 Å². The van der Waals surface area contributed by atoms with E-state index < -0.39 is 0 Å². The van der Waals surface area contributed by atoms with Crippen molar-refractivity contribution in [3.63, 3.8) is 0 Å². The van der Waals surface area contributed by atoms with Gasteiger partial charge in [-0.2, -0.15) is 0 Å². The first-order valence-electron chi connectivity index (χ1n) is 8.22. The summed E-state index contributed by atoms with van der Waals surface area (Å²) in [5.41, 5.74) is 3.28. The number of nitrogens with zero attached hydrogens (tertiary/aromatic N) is 3. The first-order chi connectivity index (χ1) is 11.9. The lowest BCUT2D eigenvalue weighted by molar-refractivity contribution is -0.112. The molecule has 1 aromatic heterocycles. The highest BCUT2D eigenvalue weighted by molar-refractivity contribution is 8.01. The normalized spacial score (nSPS) is 17.0. The summed E-state index contributed by atoms with van der Waals surface area (Å²) in [7, 11) is 2.02. The van der Waals surface area contributed by atoms with E-state index in [1.807, 2.05) is 26.1 Å². The molecule has 2 heterocycles. The molecule has 1 aliphatic heterocycles. The second kappa shape index (κ2) is 7.17. The number of likely N-dealkylation sites (N-methyl/N-ethyl adjacent to an activating group) is 1. The number of hydrogen-bond donors (Lipinski definition) is 1. The molecule has 0 aliphatic carbocycles. The lowest BCUT2D eigenvalue weighted by Gasteiger charge is -2.23. The fraction of sp³-hybridized carbons (Fsp3) is 0.389. The zero-order valence-electron chi connectivity index (χ0n) is 14.9. The third-order valence-electron chi connectivity index (χ3n) is 4.31. The maximum atomic E-state index is 12.5. The highest BCUT2D eigenvalue weighted by Gasteiger charge is 2.38. The Morgan fingerprint density at radius 2 is 2.12 bits per heavy atom. The molecule has 1 N–H and O–H groups in total. The summed E-state index contributed by atoms with van der Waals surface area (Å²) < 4.78 is 0.810. The molecule has 3 rings (SSSR count). The van der Waals surface area contributed by atoms with Crippen molar-refractivity contribution in [2.24, 2.45) is 0 Å². The summed E-state index contributed by atoms with van der Waals surface area (Å²) >= 11 is 2.91. The van der Waals surface area contributed by atoms with Gasteiger partial charge in [-0.05, 0) is 18.6 Å². The summed E-state index contributed by atoms with van der Waals surface area (Å²) in [5, 5.41) is 12.1. The van der Waals surface area contributed by atoms with Crippen LogP contribution in [0.5, 0.6) is 0 Å². The Bertz CT molecular complexity index is 813. The molecule has 0 spiro atoms. The van der Waals surface area contributed by atoms with Crippen LogP contribution in [0.25, 0.3) is 0 Å². The molecular weight excluding hydrogens is 352 g/mol. The number of carbonyl (C=O) groups is 1. The maximum Gasteiger partial charge on any atom is 0.206 e. The number of rotatable bonds is 6. The molecule has 5 nitrogen and oxygen atoms in total. The van der Waals surface area contributed by atoms with Crippen LogP contribution in [0.4, 0.5) is 10.8 Å². The second-order valence-electron chi connectivity index (χ2n) is 6.39. The number of benzene rings is 1. The highest BCUT2D eigenvalue weighted by Crippen LogP contribution is 2.46. The third-order valence-corrected chi connectivity index (χ3v) is 6.35. The minimum Gasteiger partial charge on any atom is -0.360 e. The van der Waals surface area contributed by atoms with Gasteiger partial charge in [-0.3, -0.25) is 4.79 Å². The lowest BCUT2D eigenvalue weighted by Crippen LogP contribution is -2.24.